The van der Waals surface area contributed by atoms with Crippen LogP contribution in [0.5, 0.6) is 0 Å². The van der Waals surface area contributed by atoms with Crippen molar-refractivity contribution in [2.45, 2.75) is 26.2 Å². The van der Waals surface area contributed by atoms with Crippen molar-refractivity contribution in [1.82, 2.24) is 9.13 Å². The highest BCUT2D eigenvalue weighted by Crippen LogP contribution is 2.46. The van der Waals surface area contributed by atoms with E-state index in [9.17, 15) is 0 Å². The third-order valence-electron chi connectivity index (χ3n) is 7.58. The molecule has 0 saturated heterocycles. The monoisotopic (exact) mass is 454 g/mol. The van der Waals surface area contributed by atoms with Crippen molar-refractivity contribution in [3.63, 3.8) is 0 Å². The molecule has 0 N–H and O–H groups in total. The number of hydrogen-bond acceptors (Lipinski definition) is 1. The van der Waals surface area contributed by atoms with Gasteiger partial charge in [0.05, 0.1) is 11.2 Å². The van der Waals surface area contributed by atoms with Crippen LogP contribution >= 0.6 is 0 Å². The highest BCUT2D eigenvalue weighted by molar-refractivity contribution is 6.05. The lowest BCUT2D eigenvalue weighted by Crippen LogP contribution is -2.27. The summed E-state index contributed by atoms with van der Waals surface area (Å²) in [6, 6.07) is 23.5. The summed E-state index contributed by atoms with van der Waals surface area (Å²) in [7, 11) is 0. The summed E-state index contributed by atoms with van der Waals surface area (Å²) in [4.78, 5) is 0. The van der Waals surface area contributed by atoms with Crippen molar-refractivity contribution in [3.8, 4) is 11.4 Å². The molecule has 0 amide bonds. The van der Waals surface area contributed by atoms with Gasteiger partial charge >= 0.3 is 0 Å². The van der Waals surface area contributed by atoms with E-state index < -0.39 is 0 Å². The molecule has 0 unspecified atom stereocenters. The first-order chi connectivity index (χ1) is 17.0. The maximum absolute atomic E-state index is 6.11. The normalized spacial score (nSPS) is 15.1. The van der Waals surface area contributed by atoms with Crippen molar-refractivity contribution in [3.05, 3.63) is 107 Å². The van der Waals surface area contributed by atoms with E-state index in [0.29, 0.717) is 0 Å². The van der Waals surface area contributed by atoms with Crippen LogP contribution in [0.4, 0.5) is 0 Å². The third-order valence-corrected chi connectivity index (χ3v) is 7.58. The molecule has 1 aliphatic heterocycles. The number of aromatic nitrogens is 2. The van der Waals surface area contributed by atoms with E-state index >= 15 is 0 Å². The zero-order valence-corrected chi connectivity index (χ0v) is 20.2. The predicted molar refractivity (Wildman–Crippen MR) is 146 cm³/mol. The second-order valence-corrected chi connectivity index (χ2v) is 9.92. The Morgan fingerprint density at radius 1 is 0.886 bits per heavy atom. The van der Waals surface area contributed by atoms with Crippen molar-refractivity contribution >= 4 is 45.5 Å². The average Bonchev–Trinajstić information content (AvgIpc) is 3.55. The van der Waals surface area contributed by atoms with Crippen LogP contribution < -0.4 is 10.6 Å². The molecule has 3 nitrogen and oxygen atoms in total. The number of hydrogen-bond donors (Lipinski definition) is 0. The predicted octanol–water partition coefficient (Wildman–Crippen LogP) is 6.73. The first-order valence-electron chi connectivity index (χ1n) is 12.1. The summed E-state index contributed by atoms with van der Waals surface area (Å²) in [5.74, 6) is 0. The molecule has 170 valence electrons. The number of benzene rings is 3. The zero-order chi connectivity index (χ0) is 23.9. The summed E-state index contributed by atoms with van der Waals surface area (Å²) >= 11 is 0. The van der Waals surface area contributed by atoms with Crippen molar-refractivity contribution in [2.24, 2.45) is 0 Å². The van der Waals surface area contributed by atoms with Crippen LogP contribution in [0.3, 0.4) is 0 Å². The van der Waals surface area contributed by atoms with E-state index in [1.54, 1.807) is 0 Å². The SMILES string of the molecule is C=c1c(=CC=CC)c2cn3c(c2n1-c1ccc2oc4ccccc4c2c1)C(C)(C)c1ccccc1-3. The number of furan rings is 1. The van der Waals surface area contributed by atoms with Gasteiger partial charge in [0.25, 0.3) is 0 Å². The minimum absolute atomic E-state index is 0.134. The fourth-order valence-electron chi connectivity index (χ4n) is 5.97. The molecule has 7 rings (SSSR count). The van der Waals surface area contributed by atoms with Gasteiger partial charge in [0.2, 0.25) is 0 Å². The van der Waals surface area contributed by atoms with Gasteiger partial charge in [-0.2, -0.15) is 0 Å². The van der Waals surface area contributed by atoms with E-state index in [0.717, 1.165) is 38.2 Å². The second-order valence-electron chi connectivity index (χ2n) is 9.92. The smallest absolute Gasteiger partial charge is 0.135 e. The highest BCUT2D eigenvalue weighted by Gasteiger charge is 2.39. The van der Waals surface area contributed by atoms with Crippen LogP contribution in [0.25, 0.3) is 56.9 Å². The maximum atomic E-state index is 6.11. The quantitative estimate of drug-likeness (QED) is 0.285. The molecule has 1 aliphatic rings. The van der Waals surface area contributed by atoms with Crippen molar-refractivity contribution in [1.29, 1.82) is 0 Å². The Kier molecular flexibility index (Phi) is 3.97. The first kappa shape index (κ1) is 20.2. The summed E-state index contributed by atoms with van der Waals surface area (Å²) < 4.78 is 10.8. The number of nitrogens with zero attached hydrogens (tertiary/aromatic N) is 2. The second kappa shape index (κ2) is 6.89. The van der Waals surface area contributed by atoms with E-state index in [2.05, 4.69) is 109 Å². The van der Waals surface area contributed by atoms with Crippen LogP contribution in [0.15, 0.2) is 89.5 Å². The van der Waals surface area contributed by atoms with Gasteiger partial charge in [0.1, 0.15) is 11.2 Å². The van der Waals surface area contributed by atoms with E-state index in [1.165, 1.54) is 27.8 Å². The Balaban J connectivity index is 1.63. The number of rotatable bonds is 2. The Morgan fingerprint density at radius 3 is 2.51 bits per heavy atom. The van der Waals surface area contributed by atoms with Gasteiger partial charge in [-0.15, -0.1) is 0 Å². The summed E-state index contributed by atoms with van der Waals surface area (Å²) in [5.41, 5.74) is 7.91. The standard InChI is InChI=1S/C32H26N2O/c1-5-6-11-22-20(2)34(21-16-17-29-24(18-21)23-12-7-10-15-28(23)35-29)30-25(22)19-33-27-14-9-8-13-26(27)32(3,4)31(30)33/h5-19H,2H2,1,3-4H3. The molecule has 0 radical (unpaired) electrons. The van der Waals surface area contributed by atoms with Gasteiger partial charge in [0, 0.05) is 49.7 Å². The summed E-state index contributed by atoms with van der Waals surface area (Å²) in [6.45, 7) is 11.3. The largest absolute Gasteiger partial charge is 0.456 e. The maximum Gasteiger partial charge on any atom is 0.135 e. The van der Waals surface area contributed by atoms with E-state index in [4.69, 9.17) is 4.42 Å². The lowest BCUT2D eigenvalue weighted by atomic mass is 9.83. The topological polar surface area (TPSA) is 23.0 Å². The molecule has 3 aromatic heterocycles. The average molecular weight is 455 g/mol. The lowest BCUT2D eigenvalue weighted by Gasteiger charge is -2.20. The number of allylic oxidation sites excluding steroid dienone is 2. The molecular formula is C32H26N2O. The lowest BCUT2D eigenvalue weighted by molar-refractivity contribution is 0.645. The minimum Gasteiger partial charge on any atom is -0.456 e. The minimum atomic E-state index is -0.134. The van der Waals surface area contributed by atoms with Crippen LogP contribution in [-0.4, -0.2) is 9.13 Å². The molecular weight excluding hydrogens is 428 g/mol. The molecule has 0 saturated carbocycles. The van der Waals surface area contributed by atoms with Crippen LogP contribution in [0, 0.1) is 0 Å². The van der Waals surface area contributed by atoms with Crippen LogP contribution in [-0.2, 0) is 5.41 Å². The van der Waals surface area contributed by atoms with Crippen molar-refractivity contribution < 1.29 is 4.42 Å². The fourth-order valence-corrected chi connectivity index (χ4v) is 5.97. The Morgan fingerprint density at radius 2 is 1.66 bits per heavy atom. The first-order valence-corrected chi connectivity index (χ1v) is 12.1. The molecule has 4 heterocycles. The molecule has 0 aliphatic carbocycles. The third kappa shape index (κ3) is 2.55. The van der Waals surface area contributed by atoms with Crippen molar-refractivity contribution in [2.75, 3.05) is 0 Å². The van der Waals surface area contributed by atoms with Gasteiger partial charge in [-0.1, -0.05) is 75.1 Å². The molecule has 6 aromatic rings. The molecule has 35 heavy (non-hydrogen) atoms. The molecule has 0 atom stereocenters. The van der Waals surface area contributed by atoms with E-state index in [1.807, 2.05) is 19.1 Å². The summed E-state index contributed by atoms with van der Waals surface area (Å²) in [5, 5.41) is 5.63. The van der Waals surface area contributed by atoms with Gasteiger partial charge in [-0.25, -0.2) is 0 Å². The zero-order valence-electron chi connectivity index (χ0n) is 20.2. The van der Waals surface area contributed by atoms with Gasteiger partial charge in [-0.3, -0.25) is 0 Å². The Bertz CT molecular complexity index is 1960. The van der Waals surface area contributed by atoms with Gasteiger partial charge in [0.15, 0.2) is 0 Å². The van der Waals surface area contributed by atoms with Gasteiger partial charge in [-0.05, 0) is 42.8 Å². The molecule has 0 fully saturated rings. The van der Waals surface area contributed by atoms with Crippen LogP contribution in [0.1, 0.15) is 32.0 Å². The Hall–Kier alpha value is -4.24. The molecule has 3 heteroatoms. The van der Waals surface area contributed by atoms with Gasteiger partial charge < -0.3 is 13.6 Å². The molecule has 3 aromatic carbocycles. The molecule has 0 bridgehead atoms. The fraction of sp³-hybridized carbons (Fsp3) is 0.125. The molecule has 0 spiro atoms. The Labute approximate surface area is 203 Å². The highest BCUT2D eigenvalue weighted by atomic mass is 16.3. The number of fused-ring (bicyclic) bond motifs is 8. The van der Waals surface area contributed by atoms with Crippen LogP contribution in [0.2, 0.25) is 0 Å². The number of para-hydroxylation sites is 2. The summed E-state index contributed by atoms with van der Waals surface area (Å²) in [6.07, 6.45) is 8.64. The van der Waals surface area contributed by atoms with E-state index in [-0.39, 0.29) is 5.41 Å².